The summed E-state index contributed by atoms with van der Waals surface area (Å²) in [6.45, 7) is 0. The van der Waals surface area contributed by atoms with E-state index >= 15 is 0 Å². The summed E-state index contributed by atoms with van der Waals surface area (Å²) in [6, 6.07) is 27.5. The Labute approximate surface area is 189 Å². The molecule has 0 aliphatic carbocycles. The Hall–Kier alpha value is -4.76. The molecule has 9 heteroatoms. The SMILES string of the molecule is Nc1cccc(-c2cccc([N+](=O)[O-])c2)c1.Nc1cccc(-c2cccc([N+](=O)[O-])c2)c1.O. The number of nitrogen functional groups attached to an aromatic ring is 2. The Morgan fingerprint density at radius 3 is 1.12 bits per heavy atom. The van der Waals surface area contributed by atoms with Crippen LogP contribution in [0.25, 0.3) is 22.3 Å². The quantitative estimate of drug-likeness (QED) is 0.257. The summed E-state index contributed by atoms with van der Waals surface area (Å²) in [5.74, 6) is 0. The molecule has 0 radical (unpaired) electrons. The van der Waals surface area contributed by atoms with Gasteiger partial charge in [-0.25, -0.2) is 0 Å². The monoisotopic (exact) mass is 446 g/mol. The summed E-state index contributed by atoms with van der Waals surface area (Å²) in [4.78, 5) is 20.5. The minimum absolute atomic E-state index is 0. The molecule has 0 aliphatic rings. The summed E-state index contributed by atoms with van der Waals surface area (Å²) < 4.78 is 0. The molecule has 0 saturated heterocycles. The Balaban J connectivity index is 0.000000227. The van der Waals surface area contributed by atoms with Crippen LogP contribution in [0.15, 0.2) is 97.1 Å². The van der Waals surface area contributed by atoms with Gasteiger partial charge >= 0.3 is 0 Å². The molecular weight excluding hydrogens is 424 g/mol. The normalized spacial score (nSPS) is 9.70. The number of hydrogen-bond donors (Lipinski definition) is 2. The molecule has 4 aromatic rings. The highest BCUT2D eigenvalue weighted by Gasteiger charge is 2.07. The average molecular weight is 446 g/mol. The molecule has 0 atom stereocenters. The van der Waals surface area contributed by atoms with Gasteiger partial charge in [-0.3, -0.25) is 20.2 Å². The molecule has 0 saturated carbocycles. The maximum atomic E-state index is 10.6. The van der Waals surface area contributed by atoms with Crippen LogP contribution in [0.3, 0.4) is 0 Å². The minimum atomic E-state index is -0.407. The fraction of sp³-hybridized carbons (Fsp3) is 0. The van der Waals surface area contributed by atoms with E-state index in [1.54, 1.807) is 36.4 Å². The van der Waals surface area contributed by atoms with Crippen molar-refractivity contribution in [2.75, 3.05) is 11.5 Å². The summed E-state index contributed by atoms with van der Waals surface area (Å²) in [5, 5.41) is 21.3. The van der Waals surface area contributed by atoms with Gasteiger partial charge in [-0.1, -0.05) is 48.5 Å². The number of benzene rings is 4. The van der Waals surface area contributed by atoms with Gasteiger partial charge in [-0.15, -0.1) is 0 Å². The molecule has 0 fully saturated rings. The van der Waals surface area contributed by atoms with Crippen molar-refractivity contribution in [1.29, 1.82) is 0 Å². The van der Waals surface area contributed by atoms with Crippen molar-refractivity contribution in [2.24, 2.45) is 0 Å². The lowest BCUT2D eigenvalue weighted by atomic mass is 10.0. The van der Waals surface area contributed by atoms with Crippen molar-refractivity contribution in [3.05, 3.63) is 117 Å². The van der Waals surface area contributed by atoms with Crippen LogP contribution in [0.4, 0.5) is 22.7 Å². The molecule has 168 valence electrons. The average Bonchev–Trinajstić information content (AvgIpc) is 2.80. The highest BCUT2D eigenvalue weighted by Crippen LogP contribution is 2.26. The van der Waals surface area contributed by atoms with E-state index in [2.05, 4.69) is 0 Å². The molecule has 0 spiro atoms. The lowest BCUT2D eigenvalue weighted by Crippen LogP contribution is -1.89. The lowest BCUT2D eigenvalue weighted by Gasteiger charge is -2.02. The fourth-order valence-corrected chi connectivity index (χ4v) is 3.03. The zero-order valence-electron chi connectivity index (χ0n) is 17.4. The Bertz CT molecular complexity index is 1180. The van der Waals surface area contributed by atoms with Crippen molar-refractivity contribution in [1.82, 2.24) is 0 Å². The second-order valence-electron chi connectivity index (χ2n) is 6.87. The molecule has 0 amide bonds. The van der Waals surface area contributed by atoms with Gasteiger partial charge in [0.15, 0.2) is 0 Å². The number of hydrogen-bond acceptors (Lipinski definition) is 6. The first-order chi connectivity index (χ1) is 15.3. The van der Waals surface area contributed by atoms with Crippen LogP contribution in [0.5, 0.6) is 0 Å². The summed E-state index contributed by atoms with van der Waals surface area (Å²) >= 11 is 0. The van der Waals surface area contributed by atoms with Crippen molar-refractivity contribution in [3.63, 3.8) is 0 Å². The molecule has 0 heterocycles. The maximum Gasteiger partial charge on any atom is 0.270 e. The Morgan fingerprint density at radius 1 is 0.515 bits per heavy atom. The first-order valence-corrected chi connectivity index (χ1v) is 9.54. The smallest absolute Gasteiger partial charge is 0.270 e. The Kier molecular flexibility index (Phi) is 8.19. The summed E-state index contributed by atoms with van der Waals surface area (Å²) in [7, 11) is 0. The highest BCUT2D eigenvalue weighted by molar-refractivity contribution is 5.70. The third-order valence-electron chi connectivity index (χ3n) is 4.55. The number of nitrogens with two attached hydrogens (primary N) is 2. The van der Waals surface area contributed by atoms with Crippen LogP contribution in [0.1, 0.15) is 0 Å². The van der Waals surface area contributed by atoms with E-state index in [-0.39, 0.29) is 16.9 Å². The van der Waals surface area contributed by atoms with Gasteiger partial charge in [0.05, 0.1) is 9.85 Å². The van der Waals surface area contributed by atoms with Crippen LogP contribution in [-0.2, 0) is 0 Å². The van der Waals surface area contributed by atoms with Crippen LogP contribution in [-0.4, -0.2) is 15.3 Å². The standard InChI is InChI=1S/2C12H10N2O2.H2O/c2*13-11-5-1-3-9(7-11)10-4-2-6-12(8-10)14(15)16;/h2*1-8H,13H2;1H2. The molecule has 0 aromatic heterocycles. The van der Waals surface area contributed by atoms with Gasteiger partial charge < -0.3 is 16.9 Å². The number of anilines is 2. The van der Waals surface area contributed by atoms with E-state index in [4.69, 9.17) is 11.5 Å². The van der Waals surface area contributed by atoms with E-state index in [0.717, 1.165) is 22.3 Å². The second kappa shape index (κ2) is 11.0. The largest absolute Gasteiger partial charge is 0.412 e. The first kappa shape index (κ1) is 24.5. The molecule has 0 bridgehead atoms. The van der Waals surface area contributed by atoms with E-state index in [1.807, 2.05) is 36.4 Å². The van der Waals surface area contributed by atoms with E-state index < -0.39 is 9.85 Å². The zero-order valence-corrected chi connectivity index (χ0v) is 17.4. The molecule has 9 nitrogen and oxygen atoms in total. The minimum Gasteiger partial charge on any atom is -0.412 e. The van der Waals surface area contributed by atoms with Crippen LogP contribution in [0.2, 0.25) is 0 Å². The van der Waals surface area contributed by atoms with E-state index in [1.165, 1.54) is 24.3 Å². The molecule has 0 aliphatic heterocycles. The Morgan fingerprint density at radius 2 is 0.818 bits per heavy atom. The zero-order chi connectivity index (χ0) is 23.1. The first-order valence-electron chi connectivity index (χ1n) is 9.54. The third-order valence-corrected chi connectivity index (χ3v) is 4.55. The number of nitro groups is 2. The number of nitrogens with zero attached hydrogens (tertiary/aromatic N) is 2. The molecule has 4 rings (SSSR count). The van der Waals surface area contributed by atoms with E-state index in [0.29, 0.717) is 11.4 Å². The topological polar surface area (TPSA) is 170 Å². The van der Waals surface area contributed by atoms with Crippen molar-refractivity contribution >= 4 is 22.7 Å². The predicted octanol–water partition coefficient (Wildman–Crippen LogP) is 4.86. The summed E-state index contributed by atoms with van der Waals surface area (Å²) in [6.07, 6.45) is 0. The van der Waals surface area contributed by atoms with Gasteiger partial charge in [0.1, 0.15) is 0 Å². The summed E-state index contributed by atoms with van der Waals surface area (Å²) in [5.41, 5.74) is 16.1. The van der Waals surface area contributed by atoms with Gasteiger partial charge in [0.25, 0.3) is 11.4 Å². The van der Waals surface area contributed by atoms with Gasteiger partial charge in [-0.05, 0) is 46.5 Å². The maximum absolute atomic E-state index is 10.6. The molecule has 33 heavy (non-hydrogen) atoms. The molecule has 4 aromatic carbocycles. The van der Waals surface area contributed by atoms with E-state index in [9.17, 15) is 20.2 Å². The third kappa shape index (κ3) is 6.61. The molecule has 6 N–H and O–H groups in total. The van der Waals surface area contributed by atoms with Gasteiger partial charge in [0.2, 0.25) is 0 Å². The molecule has 0 unspecified atom stereocenters. The van der Waals surface area contributed by atoms with Crippen molar-refractivity contribution in [2.45, 2.75) is 0 Å². The highest BCUT2D eigenvalue weighted by atomic mass is 16.6. The fourth-order valence-electron chi connectivity index (χ4n) is 3.03. The van der Waals surface area contributed by atoms with Gasteiger partial charge in [-0.2, -0.15) is 0 Å². The van der Waals surface area contributed by atoms with Crippen molar-refractivity contribution in [3.8, 4) is 22.3 Å². The number of rotatable bonds is 4. The van der Waals surface area contributed by atoms with Crippen LogP contribution >= 0.6 is 0 Å². The van der Waals surface area contributed by atoms with Crippen LogP contribution < -0.4 is 11.5 Å². The predicted molar refractivity (Wildman–Crippen MR) is 130 cm³/mol. The van der Waals surface area contributed by atoms with Crippen molar-refractivity contribution < 1.29 is 15.3 Å². The van der Waals surface area contributed by atoms with Crippen LogP contribution in [0, 0.1) is 20.2 Å². The molecular formula is C24H22N4O5. The second-order valence-corrected chi connectivity index (χ2v) is 6.87. The number of non-ortho nitro benzene ring substituents is 2. The lowest BCUT2D eigenvalue weighted by molar-refractivity contribution is -0.385. The van der Waals surface area contributed by atoms with Gasteiger partial charge in [0, 0.05) is 35.6 Å². The number of nitro benzene ring substituents is 2.